The Hall–Kier alpha value is -1.11. The molecule has 0 spiro atoms. The zero-order chi connectivity index (χ0) is 15.4. The fraction of sp³-hybridized carbons (Fsp3) is 0.643. The van der Waals surface area contributed by atoms with Crippen LogP contribution in [0.1, 0.15) is 17.1 Å². The fourth-order valence-corrected chi connectivity index (χ4v) is 1.79. The lowest BCUT2D eigenvalue weighted by atomic mass is 10.3. The molecular formula is C14H27Cl2N5O. The Bertz CT molecular complexity index is 494. The van der Waals surface area contributed by atoms with Gasteiger partial charge in [0.1, 0.15) is 0 Å². The highest BCUT2D eigenvalue weighted by Gasteiger charge is 2.22. The molecule has 0 aliphatic carbocycles. The number of rotatable bonds is 4. The molecule has 0 saturated carbocycles. The third kappa shape index (κ3) is 5.94. The molecular weight excluding hydrogens is 325 g/mol. The molecule has 0 aromatic carbocycles. The van der Waals surface area contributed by atoms with Gasteiger partial charge in [0.15, 0.2) is 5.82 Å². The summed E-state index contributed by atoms with van der Waals surface area (Å²) in [5.74, 6) is 0.647. The van der Waals surface area contributed by atoms with Crippen molar-refractivity contribution in [2.24, 2.45) is 0 Å². The SMILES string of the molecule is Cc1nc(C)c(N(CCN(C)C)C(=O)N(C)C)nc1C.Cl.Cl. The number of amides is 2. The zero-order valence-corrected chi connectivity index (χ0v) is 16.0. The lowest BCUT2D eigenvalue weighted by Crippen LogP contribution is -2.43. The van der Waals surface area contributed by atoms with Crippen molar-refractivity contribution in [2.45, 2.75) is 20.8 Å². The third-order valence-electron chi connectivity index (χ3n) is 3.10. The van der Waals surface area contributed by atoms with Crippen molar-refractivity contribution in [2.75, 3.05) is 46.2 Å². The van der Waals surface area contributed by atoms with E-state index in [9.17, 15) is 4.79 Å². The van der Waals surface area contributed by atoms with Gasteiger partial charge in [-0.1, -0.05) is 0 Å². The molecule has 0 N–H and O–H groups in total. The molecule has 1 aromatic rings. The van der Waals surface area contributed by atoms with E-state index in [2.05, 4.69) is 9.97 Å². The predicted molar refractivity (Wildman–Crippen MR) is 95.7 cm³/mol. The van der Waals surface area contributed by atoms with Crippen molar-refractivity contribution in [1.29, 1.82) is 0 Å². The van der Waals surface area contributed by atoms with E-state index in [1.54, 1.807) is 23.9 Å². The highest BCUT2D eigenvalue weighted by atomic mass is 35.5. The Morgan fingerprint density at radius 3 is 1.82 bits per heavy atom. The maximum atomic E-state index is 12.4. The molecule has 0 aliphatic heterocycles. The maximum absolute atomic E-state index is 12.4. The first-order valence-corrected chi connectivity index (χ1v) is 6.69. The standard InChI is InChI=1S/C14H25N5O.2ClH/c1-10-11(2)16-13(12(3)15-10)19(9-8-17(4)5)14(20)18(6)7;;/h8-9H2,1-7H3;2*1H. The molecule has 8 heteroatoms. The van der Waals surface area contributed by atoms with Gasteiger partial charge >= 0.3 is 6.03 Å². The number of carbonyl (C=O) groups excluding carboxylic acids is 1. The van der Waals surface area contributed by atoms with Crippen LogP contribution in [0.5, 0.6) is 0 Å². The fourth-order valence-electron chi connectivity index (χ4n) is 1.79. The Balaban J connectivity index is 0. The highest BCUT2D eigenvalue weighted by molar-refractivity contribution is 5.91. The Kier molecular flexibility index (Phi) is 10.3. The first kappa shape index (κ1) is 23.2. The Morgan fingerprint density at radius 1 is 0.864 bits per heavy atom. The van der Waals surface area contributed by atoms with E-state index in [1.165, 1.54) is 0 Å². The van der Waals surface area contributed by atoms with Crippen LogP contribution in [0.4, 0.5) is 10.6 Å². The van der Waals surface area contributed by atoms with E-state index in [4.69, 9.17) is 0 Å². The topological polar surface area (TPSA) is 52.6 Å². The lowest BCUT2D eigenvalue weighted by Gasteiger charge is -2.27. The molecule has 128 valence electrons. The molecule has 1 aromatic heterocycles. The Labute approximate surface area is 145 Å². The van der Waals surface area contributed by atoms with Gasteiger partial charge in [0.05, 0.1) is 17.1 Å². The minimum atomic E-state index is -0.0764. The first-order chi connectivity index (χ1) is 9.23. The van der Waals surface area contributed by atoms with E-state index in [0.717, 1.165) is 23.6 Å². The highest BCUT2D eigenvalue weighted by Crippen LogP contribution is 2.18. The van der Waals surface area contributed by atoms with Crippen molar-refractivity contribution in [3.63, 3.8) is 0 Å². The number of carbonyl (C=O) groups is 1. The van der Waals surface area contributed by atoms with Crippen molar-refractivity contribution < 1.29 is 4.79 Å². The van der Waals surface area contributed by atoms with Crippen LogP contribution < -0.4 is 4.90 Å². The van der Waals surface area contributed by atoms with Crippen molar-refractivity contribution in [1.82, 2.24) is 19.8 Å². The number of likely N-dealkylation sites (N-methyl/N-ethyl adjacent to an activating group) is 1. The average Bonchev–Trinajstić information content (AvgIpc) is 2.34. The lowest BCUT2D eigenvalue weighted by molar-refractivity contribution is 0.222. The molecule has 0 radical (unpaired) electrons. The van der Waals surface area contributed by atoms with Gasteiger partial charge in [0.2, 0.25) is 0 Å². The summed E-state index contributed by atoms with van der Waals surface area (Å²) in [5.41, 5.74) is 2.53. The van der Waals surface area contributed by atoms with Gasteiger partial charge < -0.3 is 9.80 Å². The minimum absolute atomic E-state index is 0. The molecule has 0 fully saturated rings. The van der Waals surface area contributed by atoms with Crippen LogP contribution in [0.3, 0.4) is 0 Å². The summed E-state index contributed by atoms with van der Waals surface area (Å²) in [7, 11) is 7.46. The molecule has 0 unspecified atom stereocenters. The molecule has 22 heavy (non-hydrogen) atoms. The second kappa shape index (κ2) is 9.82. The van der Waals surface area contributed by atoms with Gasteiger partial charge in [-0.25, -0.2) is 9.78 Å². The van der Waals surface area contributed by atoms with Crippen LogP contribution >= 0.6 is 24.8 Å². The second-order valence-corrected chi connectivity index (χ2v) is 5.44. The maximum Gasteiger partial charge on any atom is 0.325 e. The zero-order valence-electron chi connectivity index (χ0n) is 14.4. The number of aryl methyl sites for hydroxylation is 3. The summed E-state index contributed by atoms with van der Waals surface area (Å²) < 4.78 is 0. The number of hydrogen-bond donors (Lipinski definition) is 0. The third-order valence-corrected chi connectivity index (χ3v) is 3.10. The van der Waals surface area contributed by atoms with Crippen LogP contribution in [0, 0.1) is 20.8 Å². The summed E-state index contributed by atoms with van der Waals surface area (Å²) in [4.78, 5) is 26.7. The van der Waals surface area contributed by atoms with Gasteiger partial charge in [0.25, 0.3) is 0 Å². The van der Waals surface area contributed by atoms with Crippen LogP contribution in [0.15, 0.2) is 0 Å². The molecule has 2 amide bonds. The molecule has 0 saturated heterocycles. The first-order valence-electron chi connectivity index (χ1n) is 6.69. The second-order valence-electron chi connectivity index (χ2n) is 5.44. The number of halogens is 2. The number of urea groups is 1. The minimum Gasteiger partial charge on any atom is -0.330 e. The quantitative estimate of drug-likeness (QED) is 0.834. The summed E-state index contributed by atoms with van der Waals surface area (Å²) in [6, 6.07) is -0.0764. The molecule has 0 bridgehead atoms. The van der Waals surface area contributed by atoms with Gasteiger partial charge in [0, 0.05) is 27.2 Å². The smallest absolute Gasteiger partial charge is 0.325 e. The summed E-state index contributed by atoms with van der Waals surface area (Å²) >= 11 is 0. The van der Waals surface area contributed by atoms with Crippen LogP contribution in [-0.2, 0) is 0 Å². The predicted octanol–water partition coefficient (Wildman–Crippen LogP) is 2.30. The molecule has 1 heterocycles. The van der Waals surface area contributed by atoms with E-state index >= 15 is 0 Å². The van der Waals surface area contributed by atoms with Crippen molar-refractivity contribution in [3.05, 3.63) is 17.1 Å². The van der Waals surface area contributed by atoms with Crippen molar-refractivity contribution >= 4 is 36.7 Å². The monoisotopic (exact) mass is 351 g/mol. The summed E-state index contributed by atoms with van der Waals surface area (Å²) in [6.07, 6.45) is 0. The van der Waals surface area contributed by atoms with Crippen LogP contribution in [0.25, 0.3) is 0 Å². The molecule has 6 nitrogen and oxygen atoms in total. The van der Waals surface area contributed by atoms with Crippen LogP contribution in [0.2, 0.25) is 0 Å². The summed E-state index contributed by atoms with van der Waals surface area (Å²) in [5, 5.41) is 0. The van der Waals surface area contributed by atoms with E-state index in [-0.39, 0.29) is 30.8 Å². The normalized spacial score (nSPS) is 9.82. The van der Waals surface area contributed by atoms with E-state index in [1.807, 2.05) is 39.8 Å². The number of hydrogen-bond acceptors (Lipinski definition) is 4. The molecule has 1 rings (SSSR count). The largest absolute Gasteiger partial charge is 0.330 e. The molecule has 0 atom stereocenters. The van der Waals surface area contributed by atoms with Crippen molar-refractivity contribution in [3.8, 4) is 0 Å². The Morgan fingerprint density at radius 2 is 1.36 bits per heavy atom. The van der Waals surface area contributed by atoms with Gasteiger partial charge in [-0.3, -0.25) is 9.88 Å². The van der Waals surface area contributed by atoms with Gasteiger partial charge in [-0.15, -0.1) is 24.8 Å². The molecule has 0 aliphatic rings. The van der Waals surface area contributed by atoms with E-state index < -0.39 is 0 Å². The van der Waals surface area contributed by atoms with Gasteiger partial charge in [-0.2, -0.15) is 0 Å². The number of aromatic nitrogens is 2. The van der Waals surface area contributed by atoms with E-state index in [0.29, 0.717) is 12.4 Å². The number of anilines is 1. The average molecular weight is 352 g/mol. The number of nitrogens with zero attached hydrogens (tertiary/aromatic N) is 5. The summed E-state index contributed by atoms with van der Waals surface area (Å²) in [6.45, 7) is 7.09. The van der Waals surface area contributed by atoms with Crippen LogP contribution in [-0.4, -0.2) is 67.1 Å². The van der Waals surface area contributed by atoms with Gasteiger partial charge in [-0.05, 0) is 34.9 Å².